The van der Waals surface area contributed by atoms with E-state index in [1.807, 2.05) is 6.07 Å². The minimum absolute atomic E-state index is 0.488. The Bertz CT molecular complexity index is 1330. The molecule has 0 N–H and O–H groups in total. The lowest BCUT2D eigenvalue weighted by Crippen LogP contribution is -2.32. The minimum atomic E-state index is 0.488. The van der Waals surface area contributed by atoms with Gasteiger partial charge in [0.05, 0.1) is 24.0 Å². The molecule has 1 fully saturated rings. The van der Waals surface area contributed by atoms with Crippen LogP contribution in [0.4, 0.5) is 11.4 Å². The molecule has 0 radical (unpaired) electrons. The zero-order valence-corrected chi connectivity index (χ0v) is 20.0. The van der Waals surface area contributed by atoms with Crippen molar-refractivity contribution in [3.8, 4) is 5.75 Å². The minimum Gasteiger partial charge on any atom is -0.497 e. The molecule has 4 heteroatoms. The van der Waals surface area contributed by atoms with Crippen molar-refractivity contribution in [2.45, 2.75) is 45.3 Å². The maximum absolute atomic E-state index is 5.50. The van der Waals surface area contributed by atoms with E-state index in [4.69, 9.17) is 9.72 Å². The lowest BCUT2D eigenvalue weighted by molar-refractivity contribution is 0.415. The van der Waals surface area contributed by atoms with Gasteiger partial charge in [0.25, 0.3) is 0 Å². The Kier molecular flexibility index (Phi) is 5.37. The molecule has 1 saturated heterocycles. The summed E-state index contributed by atoms with van der Waals surface area (Å²) in [5.74, 6) is 0.876. The summed E-state index contributed by atoms with van der Waals surface area (Å²) in [6, 6.07) is 26.9. The molecule has 1 aromatic heterocycles. The van der Waals surface area contributed by atoms with Gasteiger partial charge in [-0.3, -0.25) is 4.98 Å². The van der Waals surface area contributed by atoms with E-state index in [9.17, 15) is 0 Å². The molecule has 4 nitrogen and oxygen atoms in total. The van der Waals surface area contributed by atoms with Crippen molar-refractivity contribution in [1.82, 2.24) is 4.98 Å². The van der Waals surface area contributed by atoms with Gasteiger partial charge in [-0.05, 0) is 67.3 Å². The molecule has 34 heavy (non-hydrogen) atoms. The fourth-order valence-corrected chi connectivity index (χ4v) is 5.59. The zero-order chi connectivity index (χ0) is 23.1. The first-order valence-corrected chi connectivity index (χ1v) is 12.3. The Morgan fingerprint density at radius 1 is 0.971 bits per heavy atom. The molecule has 4 aromatic rings. The Hall–Kier alpha value is -3.53. The summed E-state index contributed by atoms with van der Waals surface area (Å²) in [4.78, 5) is 10.4. The standard InChI is InChI=1S/C30H31N3O/c1-21-9-11-22(12-10-21)19-32-20-24-16-23-17-26(34-2)13-14-27(23)31-28(24)18-25-6-5-15-33(25)30-8-4-3-7-29(30)32/h3-4,7-14,16-17,25H,5-6,15,18-20H2,1-2H3. The molecule has 2 aliphatic rings. The fraction of sp³-hybridized carbons (Fsp3) is 0.300. The van der Waals surface area contributed by atoms with Gasteiger partial charge in [0.15, 0.2) is 0 Å². The number of fused-ring (bicyclic) bond motifs is 5. The van der Waals surface area contributed by atoms with Crippen LogP contribution in [-0.4, -0.2) is 24.7 Å². The third kappa shape index (κ3) is 3.87. The van der Waals surface area contributed by atoms with Gasteiger partial charge < -0.3 is 14.5 Å². The largest absolute Gasteiger partial charge is 0.497 e. The van der Waals surface area contributed by atoms with Crippen molar-refractivity contribution in [3.63, 3.8) is 0 Å². The molecule has 0 bridgehead atoms. The summed E-state index contributed by atoms with van der Waals surface area (Å²) in [5.41, 5.74) is 8.89. The van der Waals surface area contributed by atoms with E-state index >= 15 is 0 Å². The maximum atomic E-state index is 5.50. The number of rotatable bonds is 3. The third-order valence-corrected chi connectivity index (χ3v) is 7.38. The van der Waals surface area contributed by atoms with Crippen molar-refractivity contribution in [1.29, 1.82) is 0 Å². The monoisotopic (exact) mass is 449 g/mol. The first-order valence-electron chi connectivity index (χ1n) is 12.3. The third-order valence-electron chi connectivity index (χ3n) is 7.38. The van der Waals surface area contributed by atoms with Gasteiger partial charge in [0, 0.05) is 43.2 Å². The molecule has 172 valence electrons. The summed E-state index contributed by atoms with van der Waals surface area (Å²) < 4.78 is 5.50. The lowest BCUT2D eigenvalue weighted by atomic mass is 10.0. The van der Waals surface area contributed by atoms with Gasteiger partial charge in [-0.15, -0.1) is 0 Å². The van der Waals surface area contributed by atoms with E-state index in [-0.39, 0.29) is 0 Å². The predicted molar refractivity (Wildman–Crippen MR) is 140 cm³/mol. The van der Waals surface area contributed by atoms with Crippen LogP contribution < -0.4 is 14.5 Å². The van der Waals surface area contributed by atoms with Crippen molar-refractivity contribution in [2.75, 3.05) is 23.5 Å². The Morgan fingerprint density at radius 2 is 1.79 bits per heavy atom. The summed E-state index contributed by atoms with van der Waals surface area (Å²) in [7, 11) is 1.72. The molecule has 1 atom stereocenters. The van der Waals surface area contributed by atoms with E-state index < -0.39 is 0 Å². The number of anilines is 2. The zero-order valence-electron chi connectivity index (χ0n) is 20.0. The van der Waals surface area contributed by atoms with Crippen LogP contribution in [0, 0.1) is 6.92 Å². The van der Waals surface area contributed by atoms with Crippen molar-refractivity contribution < 1.29 is 4.74 Å². The normalized spacial score (nSPS) is 17.4. The van der Waals surface area contributed by atoms with E-state index in [1.165, 1.54) is 46.6 Å². The van der Waals surface area contributed by atoms with Crippen molar-refractivity contribution in [2.24, 2.45) is 0 Å². The van der Waals surface area contributed by atoms with Gasteiger partial charge in [-0.1, -0.05) is 42.0 Å². The maximum Gasteiger partial charge on any atom is 0.119 e. The van der Waals surface area contributed by atoms with Crippen LogP contribution in [0.5, 0.6) is 5.75 Å². The van der Waals surface area contributed by atoms with Gasteiger partial charge in [-0.2, -0.15) is 0 Å². The topological polar surface area (TPSA) is 28.6 Å². The number of ether oxygens (including phenoxy) is 1. The van der Waals surface area contributed by atoms with Gasteiger partial charge in [-0.25, -0.2) is 0 Å². The number of methoxy groups -OCH3 is 1. The lowest BCUT2D eigenvalue weighted by Gasteiger charge is -2.32. The number of aromatic nitrogens is 1. The molecule has 1 unspecified atom stereocenters. The average Bonchev–Trinajstić information content (AvgIpc) is 3.33. The molecule has 0 spiro atoms. The molecule has 3 heterocycles. The van der Waals surface area contributed by atoms with E-state index in [2.05, 4.69) is 83.5 Å². The average molecular weight is 450 g/mol. The number of hydrogen-bond acceptors (Lipinski definition) is 4. The van der Waals surface area contributed by atoms with Crippen LogP contribution in [0.25, 0.3) is 10.9 Å². The van der Waals surface area contributed by atoms with Crippen molar-refractivity contribution in [3.05, 3.63) is 95.2 Å². The molecule has 3 aromatic carbocycles. The van der Waals surface area contributed by atoms with Crippen LogP contribution in [0.3, 0.4) is 0 Å². The molecule has 2 aliphatic heterocycles. The number of pyridine rings is 1. The highest BCUT2D eigenvalue weighted by atomic mass is 16.5. The number of hydrogen-bond donors (Lipinski definition) is 0. The first kappa shape index (κ1) is 21.0. The second kappa shape index (κ2) is 8.68. The van der Waals surface area contributed by atoms with Gasteiger partial charge in [0.1, 0.15) is 5.75 Å². The molecule has 0 aliphatic carbocycles. The summed E-state index contributed by atoms with van der Waals surface area (Å²) in [6.45, 7) is 4.96. The Morgan fingerprint density at radius 3 is 2.62 bits per heavy atom. The number of benzene rings is 3. The van der Waals surface area contributed by atoms with Crippen LogP contribution in [0.1, 0.15) is 35.2 Å². The molecule has 0 saturated carbocycles. The first-order chi connectivity index (χ1) is 16.7. The molecular formula is C30H31N3O. The highest BCUT2D eigenvalue weighted by Crippen LogP contribution is 2.39. The molecular weight excluding hydrogens is 418 g/mol. The highest BCUT2D eigenvalue weighted by molar-refractivity contribution is 5.82. The van der Waals surface area contributed by atoms with Crippen LogP contribution in [0.2, 0.25) is 0 Å². The van der Waals surface area contributed by atoms with Crippen LogP contribution in [-0.2, 0) is 19.5 Å². The summed E-state index contributed by atoms with van der Waals surface area (Å²) in [5, 5.41) is 1.14. The van der Waals surface area contributed by atoms with E-state index in [0.29, 0.717) is 6.04 Å². The highest BCUT2D eigenvalue weighted by Gasteiger charge is 2.31. The SMILES string of the molecule is COc1ccc2nc3c(cc2c1)CN(Cc1ccc(C)cc1)c1ccccc1N1CCCC1C3. The van der Waals surface area contributed by atoms with E-state index in [0.717, 1.165) is 42.7 Å². The van der Waals surface area contributed by atoms with Gasteiger partial charge in [0.2, 0.25) is 0 Å². The number of para-hydroxylation sites is 2. The second-order valence-corrected chi connectivity index (χ2v) is 9.68. The number of nitrogens with zero attached hydrogens (tertiary/aromatic N) is 3. The van der Waals surface area contributed by atoms with Crippen LogP contribution in [0.15, 0.2) is 72.8 Å². The van der Waals surface area contributed by atoms with Crippen LogP contribution >= 0.6 is 0 Å². The summed E-state index contributed by atoms with van der Waals surface area (Å²) >= 11 is 0. The second-order valence-electron chi connectivity index (χ2n) is 9.68. The molecule has 6 rings (SSSR count). The fourth-order valence-electron chi connectivity index (χ4n) is 5.59. The van der Waals surface area contributed by atoms with E-state index in [1.54, 1.807) is 7.11 Å². The predicted octanol–water partition coefficient (Wildman–Crippen LogP) is 6.28. The quantitative estimate of drug-likeness (QED) is 0.368. The Balaban J connectivity index is 1.50. The number of aryl methyl sites for hydroxylation is 1. The smallest absolute Gasteiger partial charge is 0.119 e. The molecule has 0 amide bonds. The van der Waals surface area contributed by atoms with Crippen molar-refractivity contribution >= 4 is 22.3 Å². The Labute approximate surface area is 201 Å². The van der Waals surface area contributed by atoms with Gasteiger partial charge >= 0.3 is 0 Å². The summed E-state index contributed by atoms with van der Waals surface area (Å²) in [6.07, 6.45) is 3.44.